The molecule has 0 radical (unpaired) electrons. The van der Waals surface area contributed by atoms with Crippen LogP contribution in [-0.2, 0) is 9.47 Å². The molecule has 1 saturated heterocycles. The summed E-state index contributed by atoms with van der Waals surface area (Å²) in [5, 5.41) is 3.47. The number of halogens is 1. The van der Waals surface area contributed by atoms with Gasteiger partial charge >= 0.3 is 0 Å². The SMILES string of the molecule is CC(C)c1ccc2c(c1)[C@H]1OCCO[C@H]1[C@H](c1ccccc1F)N2. The maximum atomic E-state index is 14.3. The molecule has 3 nitrogen and oxygen atoms in total. The summed E-state index contributed by atoms with van der Waals surface area (Å²) in [4.78, 5) is 0. The van der Waals surface area contributed by atoms with Crippen molar-refractivity contribution in [1.29, 1.82) is 0 Å². The highest BCUT2D eigenvalue weighted by Gasteiger charge is 2.42. The van der Waals surface area contributed by atoms with Crippen LogP contribution in [-0.4, -0.2) is 19.3 Å². The monoisotopic (exact) mass is 327 g/mol. The van der Waals surface area contributed by atoms with Gasteiger partial charge in [0.25, 0.3) is 0 Å². The number of fused-ring (bicyclic) bond motifs is 3. The van der Waals surface area contributed by atoms with E-state index in [0.29, 0.717) is 24.7 Å². The largest absolute Gasteiger partial charge is 0.375 e. The molecule has 126 valence electrons. The molecule has 0 aliphatic carbocycles. The van der Waals surface area contributed by atoms with Crippen LogP contribution in [0.15, 0.2) is 42.5 Å². The molecule has 0 saturated carbocycles. The molecule has 4 rings (SSSR count). The average Bonchev–Trinajstić information content (AvgIpc) is 2.61. The highest BCUT2D eigenvalue weighted by atomic mass is 19.1. The van der Waals surface area contributed by atoms with Crippen molar-refractivity contribution < 1.29 is 13.9 Å². The Morgan fingerprint density at radius 1 is 1.04 bits per heavy atom. The van der Waals surface area contributed by atoms with Gasteiger partial charge in [0.15, 0.2) is 0 Å². The van der Waals surface area contributed by atoms with Gasteiger partial charge in [-0.1, -0.05) is 44.2 Å². The second kappa shape index (κ2) is 6.19. The maximum Gasteiger partial charge on any atom is 0.128 e. The van der Waals surface area contributed by atoms with Crippen LogP contribution in [0.25, 0.3) is 0 Å². The van der Waals surface area contributed by atoms with Gasteiger partial charge in [-0.05, 0) is 23.6 Å². The zero-order valence-corrected chi connectivity index (χ0v) is 14.0. The minimum Gasteiger partial charge on any atom is -0.375 e. The quantitative estimate of drug-likeness (QED) is 0.876. The predicted molar refractivity (Wildman–Crippen MR) is 91.7 cm³/mol. The lowest BCUT2D eigenvalue weighted by molar-refractivity contribution is -0.151. The lowest BCUT2D eigenvalue weighted by atomic mass is 9.85. The van der Waals surface area contributed by atoms with Gasteiger partial charge in [-0.2, -0.15) is 0 Å². The smallest absolute Gasteiger partial charge is 0.128 e. The Labute approximate surface area is 141 Å². The fourth-order valence-electron chi connectivity index (χ4n) is 3.62. The predicted octanol–water partition coefficient (Wildman–Crippen LogP) is 4.57. The van der Waals surface area contributed by atoms with E-state index in [1.165, 1.54) is 11.6 Å². The van der Waals surface area contributed by atoms with Crippen molar-refractivity contribution in [3.63, 3.8) is 0 Å². The highest BCUT2D eigenvalue weighted by Crippen LogP contribution is 2.45. The standard InChI is InChI=1S/C20H22FNO2/c1-12(2)13-7-8-17-15(11-13)19-20(24-10-9-23-19)18(22-17)14-5-3-4-6-16(14)21/h3-8,11-12,18-20,22H,9-10H2,1-2H3/t18-,19+,20-/m0/s1. The lowest BCUT2D eigenvalue weighted by Crippen LogP contribution is -2.43. The number of hydrogen-bond donors (Lipinski definition) is 1. The fourth-order valence-corrected chi connectivity index (χ4v) is 3.62. The van der Waals surface area contributed by atoms with E-state index in [4.69, 9.17) is 9.47 Å². The number of nitrogens with one attached hydrogen (secondary N) is 1. The van der Waals surface area contributed by atoms with Crippen LogP contribution in [0.5, 0.6) is 0 Å². The number of anilines is 1. The zero-order chi connectivity index (χ0) is 16.7. The minimum atomic E-state index is -0.256. The first-order chi connectivity index (χ1) is 11.6. The second-order valence-electron chi connectivity index (χ2n) is 6.77. The maximum absolute atomic E-state index is 14.3. The molecule has 2 aromatic rings. The molecule has 2 aromatic carbocycles. The van der Waals surface area contributed by atoms with Crippen molar-refractivity contribution in [3.8, 4) is 0 Å². The van der Waals surface area contributed by atoms with Crippen molar-refractivity contribution in [3.05, 3.63) is 65.0 Å². The van der Waals surface area contributed by atoms with Gasteiger partial charge in [-0.3, -0.25) is 0 Å². The first-order valence-corrected chi connectivity index (χ1v) is 8.53. The van der Waals surface area contributed by atoms with E-state index in [0.717, 1.165) is 11.3 Å². The van der Waals surface area contributed by atoms with Crippen molar-refractivity contribution in [2.45, 2.75) is 38.0 Å². The van der Waals surface area contributed by atoms with Crippen LogP contribution in [0.2, 0.25) is 0 Å². The first kappa shape index (κ1) is 15.6. The molecule has 0 spiro atoms. The molecular weight excluding hydrogens is 305 g/mol. The van der Waals surface area contributed by atoms with Crippen molar-refractivity contribution in [2.24, 2.45) is 0 Å². The lowest BCUT2D eigenvalue weighted by Gasteiger charge is -2.43. The van der Waals surface area contributed by atoms with Crippen LogP contribution < -0.4 is 5.32 Å². The van der Waals surface area contributed by atoms with Gasteiger partial charge in [-0.25, -0.2) is 4.39 Å². The zero-order valence-electron chi connectivity index (χ0n) is 14.0. The molecular formula is C20H22FNO2. The van der Waals surface area contributed by atoms with Gasteiger partial charge < -0.3 is 14.8 Å². The molecule has 2 heterocycles. The Kier molecular flexibility index (Phi) is 4.02. The Bertz CT molecular complexity index is 746. The van der Waals surface area contributed by atoms with E-state index in [2.05, 4.69) is 37.4 Å². The van der Waals surface area contributed by atoms with Crippen LogP contribution >= 0.6 is 0 Å². The van der Waals surface area contributed by atoms with E-state index in [-0.39, 0.29) is 24.1 Å². The van der Waals surface area contributed by atoms with Crippen LogP contribution in [0, 0.1) is 5.82 Å². The van der Waals surface area contributed by atoms with Crippen molar-refractivity contribution >= 4 is 5.69 Å². The van der Waals surface area contributed by atoms with E-state index in [1.54, 1.807) is 6.07 Å². The summed E-state index contributed by atoms with van der Waals surface area (Å²) in [6, 6.07) is 13.0. The Morgan fingerprint density at radius 2 is 1.83 bits per heavy atom. The van der Waals surface area contributed by atoms with Crippen LogP contribution in [0.1, 0.15) is 48.6 Å². The molecule has 4 heteroatoms. The summed E-state index contributed by atoms with van der Waals surface area (Å²) >= 11 is 0. The Morgan fingerprint density at radius 3 is 2.62 bits per heavy atom. The molecule has 0 aromatic heterocycles. The molecule has 0 unspecified atom stereocenters. The number of benzene rings is 2. The van der Waals surface area contributed by atoms with E-state index >= 15 is 0 Å². The molecule has 1 N–H and O–H groups in total. The summed E-state index contributed by atoms with van der Waals surface area (Å²) in [6.07, 6.45) is -0.399. The summed E-state index contributed by atoms with van der Waals surface area (Å²) in [5.41, 5.74) is 4.00. The van der Waals surface area contributed by atoms with Gasteiger partial charge in [0.1, 0.15) is 18.0 Å². The molecule has 2 aliphatic heterocycles. The van der Waals surface area contributed by atoms with Crippen LogP contribution in [0.4, 0.5) is 10.1 Å². The van der Waals surface area contributed by atoms with Gasteiger partial charge in [0.2, 0.25) is 0 Å². The molecule has 1 fully saturated rings. The third-order valence-electron chi connectivity index (χ3n) is 4.92. The van der Waals surface area contributed by atoms with E-state index < -0.39 is 0 Å². The van der Waals surface area contributed by atoms with E-state index in [1.807, 2.05) is 12.1 Å². The molecule has 3 atom stereocenters. The topological polar surface area (TPSA) is 30.5 Å². The minimum absolute atomic E-state index is 0.168. The first-order valence-electron chi connectivity index (χ1n) is 8.53. The molecule has 0 bridgehead atoms. The summed E-state index contributed by atoms with van der Waals surface area (Å²) in [6.45, 7) is 5.45. The van der Waals surface area contributed by atoms with Gasteiger partial charge in [0, 0.05) is 16.8 Å². The third-order valence-corrected chi connectivity index (χ3v) is 4.92. The molecule has 0 amide bonds. The summed E-state index contributed by atoms with van der Waals surface area (Å²) in [7, 11) is 0. The van der Waals surface area contributed by atoms with Crippen molar-refractivity contribution in [2.75, 3.05) is 18.5 Å². The number of ether oxygens (including phenoxy) is 2. The van der Waals surface area contributed by atoms with E-state index in [9.17, 15) is 4.39 Å². The molecule has 24 heavy (non-hydrogen) atoms. The normalized spacial score (nSPS) is 25.8. The van der Waals surface area contributed by atoms with Crippen molar-refractivity contribution in [1.82, 2.24) is 0 Å². The average molecular weight is 327 g/mol. The Hall–Kier alpha value is -1.91. The summed E-state index contributed by atoms with van der Waals surface area (Å²) in [5.74, 6) is 0.229. The fraction of sp³-hybridized carbons (Fsp3) is 0.400. The van der Waals surface area contributed by atoms with Gasteiger partial charge in [-0.15, -0.1) is 0 Å². The second-order valence-corrected chi connectivity index (χ2v) is 6.77. The number of rotatable bonds is 2. The third kappa shape index (κ3) is 2.60. The highest BCUT2D eigenvalue weighted by molar-refractivity contribution is 5.59. The Balaban J connectivity index is 1.79. The van der Waals surface area contributed by atoms with Crippen LogP contribution in [0.3, 0.4) is 0 Å². The summed E-state index contributed by atoms with van der Waals surface area (Å²) < 4.78 is 26.4. The van der Waals surface area contributed by atoms with Gasteiger partial charge in [0.05, 0.1) is 19.3 Å². The number of hydrogen-bond acceptors (Lipinski definition) is 3. The molecule has 2 aliphatic rings.